The number of benzene rings is 2. The van der Waals surface area contributed by atoms with Crippen molar-refractivity contribution in [3.63, 3.8) is 0 Å². The molecule has 1 amide bonds. The molecule has 2 N–H and O–H groups in total. The Labute approximate surface area is 217 Å². The second-order valence-electron chi connectivity index (χ2n) is 9.74. The van der Waals surface area contributed by atoms with Gasteiger partial charge in [-0.2, -0.15) is 0 Å². The zero-order chi connectivity index (χ0) is 26.4. The number of ether oxygens (including phenoxy) is 1. The summed E-state index contributed by atoms with van der Waals surface area (Å²) in [5.41, 5.74) is 0.937. The van der Waals surface area contributed by atoms with Gasteiger partial charge >= 0.3 is 6.09 Å². The summed E-state index contributed by atoms with van der Waals surface area (Å²) in [6, 6.07) is 12.3. The molecule has 2 aromatic rings. The molecule has 0 radical (unpaired) electrons. The van der Waals surface area contributed by atoms with Crippen LogP contribution in [-0.2, 0) is 19.2 Å². The lowest BCUT2D eigenvalue weighted by atomic mass is 10.1. The Balaban J connectivity index is 2.26. The van der Waals surface area contributed by atoms with E-state index in [1.807, 2.05) is 0 Å². The van der Waals surface area contributed by atoms with Crippen LogP contribution in [0.5, 0.6) is 0 Å². The topological polar surface area (TPSA) is 105 Å². The fraction of sp³-hybridized carbons (Fsp3) is 0.458. The summed E-state index contributed by atoms with van der Waals surface area (Å²) >= 11 is 3.30. The minimum Gasteiger partial charge on any atom is -0.465 e. The van der Waals surface area contributed by atoms with Crippen LogP contribution in [0.2, 0.25) is 18.1 Å². The summed E-state index contributed by atoms with van der Waals surface area (Å²) in [5, 5.41) is 9.97. The predicted octanol–water partition coefficient (Wildman–Crippen LogP) is 5.94. The molecular formula is C24H35BrN2O6SSi. The van der Waals surface area contributed by atoms with Gasteiger partial charge in [0, 0.05) is 23.8 Å². The van der Waals surface area contributed by atoms with Crippen LogP contribution in [0.3, 0.4) is 0 Å². The van der Waals surface area contributed by atoms with E-state index in [9.17, 15) is 18.3 Å². The molecule has 0 aliphatic carbocycles. The first-order valence-electron chi connectivity index (χ1n) is 11.2. The number of hydrogen-bond acceptors (Lipinski definition) is 5. The van der Waals surface area contributed by atoms with Gasteiger partial charge in [-0.25, -0.2) is 13.2 Å². The van der Waals surface area contributed by atoms with Gasteiger partial charge in [-0.1, -0.05) is 48.8 Å². The van der Waals surface area contributed by atoms with Crippen molar-refractivity contribution in [2.75, 3.05) is 31.6 Å². The highest BCUT2D eigenvalue weighted by atomic mass is 79.9. The number of anilines is 1. The maximum Gasteiger partial charge on any atom is 0.407 e. The Hall–Kier alpha value is -1.92. The number of nitrogens with one attached hydrogen (secondary N) is 1. The van der Waals surface area contributed by atoms with Crippen LogP contribution in [0.1, 0.15) is 32.4 Å². The fourth-order valence-electron chi connectivity index (χ4n) is 3.16. The van der Waals surface area contributed by atoms with Crippen molar-refractivity contribution in [3.05, 3.63) is 58.6 Å². The molecule has 2 rings (SSSR count). The number of methoxy groups -OCH3 is 1. The standard InChI is InChI=1S/C24H35BrN2O6SSi/c1-24(2,3)35(5,6)33-15-14-27(23(28)29)22(17-32-4)18-8-7-9-20(16-18)26-34(30,31)21-12-10-19(25)11-13-21/h7-13,16,22,26H,14-15,17H2,1-6H3,(H,28,29). The van der Waals surface area contributed by atoms with Crippen LogP contribution in [-0.4, -0.2) is 59.7 Å². The Bertz CT molecular complexity index is 1100. The molecule has 8 nitrogen and oxygen atoms in total. The van der Waals surface area contributed by atoms with E-state index in [1.54, 1.807) is 36.4 Å². The van der Waals surface area contributed by atoms with Crippen LogP contribution in [0.15, 0.2) is 57.9 Å². The second kappa shape index (κ2) is 11.9. The molecule has 0 spiro atoms. The van der Waals surface area contributed by atoms with E-state index >= 15 is 0 Å². The second-order valence-corrected chi connectivity index (χ2v) is 17.1. The SMILES string of the molecule is COCC(c1cccc(NS(=O)(=O)c2ccc(Br)cc2)c1)N(CCO[Si](C)(C)C(C)(C)C)C(=O)O. The van der Waals surface area contributed by atoms with Crippen molar-refractivity contribution in [1.29, 1.82) is 0 Å². The highest BCUT2D eigenvalue weighted by Gasteiger charge is 2.37. The van der Waals surface area contributed by atoms with E-state index in [0.717, 1.165) is 4.47 Å². The summed E-state index contributed by atoms with van der Waals surface area (Å²) in [5.74, 6) is 0. The first-order chi connectivity index (χ1) is 16.2. The summed E-state index contributed by atoms with van der Waals surface area (Å²) in [6.45, 7) is 11.1. The molecule has 0 saturated carbocycles. The molecule has 0 aromatic heterocycles. The van der Waals surface area contributed by atoms with Gasteiger partial charge in [0.25, 0.3) is 10.0 Å². The van der Waals surface area contributed by atoms with Crippen molar-refractivity contribution in [1.82, 2.24) is 4.90 Å². The van der Waals surface area contributed by atoms with E-state index in [4.69, 9.17) is 9.16 Å². The quantitative estimate of drug-likeness (QED) is 0.316. The Morgan fingerprint density at radius 1 is 1.17 bits per heavy atom. The maximum atomic E-state index is 12.8. The third-order valence-electron chi connectivity index (χ3n) is 6.20. The minimum atomic E-state index is -3.81. The molecule has 1 atom stereocenters. The normalized spacial score (nSPS) is 13.3. The highest BCUT2D eigenvalue weighted by molar-refractivity contribution is 9.10. The summed E-state index contributed by atoms with van der Waals surface area (Å²) < 4.78 is 40.5. The maximum absolute atomic E-state index is 12.8. The number of nitrogens with zero attached hydrogens (tertiary/aromatic N) is 1. The van der Waals surface area contributed by atoms with Crippen LogP contribution >= 0.6 is 15.9 Å². The number of rotatable bonds is 11. The number of halogens is 1. The van der Waals surface area contributed by atoms with E-state index in [0.29, 0.717) is 11.3 Å². The number of amides is 1. The van der Waals surface area contributed by atoms with Crippen molar-refractivity contribution in [2.24, 2.45) is 0 Å². The van der Waals surface area contributed by atoms with Gasteiger partial charge in [-0.05, 0) is 60.1 Å². The van der Waals surface area contributed by atoms with Crippen molar-refractivity contribution in [2.45, 2.75) is 49.8 Å². The third kappa shape index (κ3) is 8.04. The summed E-state index contributed by atoms with van der Waals surface area (Å²) in [7, 11) is -4.36. The Morgan fingerprint density at radius 3 is 2.34 bits per heavy atom. The predicted molar refractivity (Wildman–Crippen MR) is 144 cm³/mol. The molecule has 11 heteroatoms. The largest absolute Gasteiger partial charge is 0.465 e. The first kappa shape index (κ1) is 29.3. The monoisotopic (exact) mass is 586 g/mol. The number of carboxylic acid groups (broad SMARTS) is 1. The lowest BCUT2D eigenvalue weighted by Gasteiger charge is -2.37. The molecule has 0 bridgehead atoms. The average Bonchev–Trinajstić information content (AvgIpc) is 2.74. The van der Waals surface area contributed by atoms with Gasteiger partial charge in [0.05, 0.1) is 24.2 Å². The molecule has 0 heterocycles. The van der Waals surface area contributed by atoms with Gasteiger partial charge in [0.15, 0.2) is 8.32 Å². The molecule has 35 heavy (non-hydrogen) atoms. The lowest BCUT2D eigenvalue weighted by molar-refractivity contribution is 0.0703. The van der Waals surface area contributed by atoms with Gasteiger partial charge in [-0.3, -0.25) is 9.62 Å². The molecule has 0 saturated heterocycles. The van der Waals surface area contributed by atoms with Gasteiger partial charge in [0.1, 0.15) is 0 Å². The summed E-state index contributed by atoms with van der Waals surface area (Å²) in [4.78, 5) is 13.6. The average molecular weight is 588 g/mol. The van der Waals surface area contributed by atoms with Crippen molar-refractivity contribution >= 4 is 46.1 Å². The van der Waals surface area contributed by atoms with Crippen LogP contribution in [0, 0.1) is 0 Å². The molecule has 2 aromatic carbocycles. The smallest absolute Gasteiger partial charge is 0.407 e. The fourth-order valence-corrected chi connectivity index (χ4v) is 5.51. The molecule has 0 aliphatic rings. The molecular weight excluding hydrogens is 552 g/mol. The van der Waals surface area contributed by atoms with Crippen LogP contribution in [0.4, 0.5) is 10.5 Å². The van der Waals surface area contributed by atoms with Crippen LogP contribution < -0.4 is 4.72 Å². The number of hydrogen-bond donors (Lipinski definition) is 2. The number of sulfonamides is 1. The molecule has 1 unspecified atom stereocenters. The third-order valence-corrected chi connectivity index (χ3v) is 12.7. The van der Waals surface area contributed by atoms with Crippen molar-refractivity contribution in [3.8, 4) is 0 Å². The highest BCUT2D eigenvalue weighted by Crippen LogP contribution is 2.36. The number of carbonyl (C=O) groups is 1. The van der Waals surface area contributed by atoms with Gasteiger partial charge in [-0.15, -0.1) is 0 Å². The molecule has 0 aliphatic heterocycles. The molecule has 0 fully saturated rings. The van der Waals surface area contributed by atoms with Gasteiger partial charge < -0.3 is 14.3 Å². The Morgan fingerprint density at radius 2 is 1.80 bits per heavy atom. The zero-order valence-corrected chi connectivity index (χ0v) is 24.4. The molecule has 194 valence electrons. The zero-order valence-electron chi connectivity index (χ0n) is 21.0. The van der Waals surface area contributed by atoms with E-state index < -0.39 is 30.5 Å². The van der Waals surface area contributed by atoms with E-state index in [1.165, 1.54) is 24.1 Å². The first-order valence-corrected chi connectivity index (χ1v) is 16.4. The summed E-state index contributed by atoms with van der Waals surface area (Å²) in [6.07, 6.45) is -1.10. The van der Waals surface area contributed by atoms with E-state index in [-0.39, 0.29) is 29.7 Å². The Kier molecular flexibility index (Phi) is 9.94. The lowest BCUT2D eigenvalue weighted by Crippen LogP contribution is -2.44. The minimum absolute atomic E-state index is 0.00725. The van der Waals surface area contributed by atoms with Crippen molar-refractivity contribution < 1.29 is 27.5 Å². The van der Waals surface area contributed by atoms with Gasteiger partial charge in [0.2, 0.25) is 0 Å². The van der Waals surface area contributed by atoms with E-state index in [2.05, 4.69) is 54.5 Å². The van der Waals surface area contributed by atoms with Crippen LogP contribution in [0.25, 0.3) is 0 Å².